The molecule has 2 aromatic rings. The van der Waals surface area contributed by atoms with Crippen molar-refractivity contribution in [1.29, 1.82) is 0 Å². The number of aromatic amines is 1. The molecule has 1 heterocycles. The molecule has 1 amide bonds. The van der Waals surface area contributed by atoms with Gasteiger partial charge in [0, 0.05) is 17.3 Å². The van der Waals surface area contributed by atoms with Crippen LogP contribution < -0.4 is 5.32 Å². The van der Waals surface area contributed by atoms with Gasteiger partial charge < -0.3 is 15.4 Å². The van der Waals surface area contributed by atoms with E-state index in [0.29, 0.717) is 22.7 Å². The first-order valence-electron chi connectivity index (χ1n) is 16.7. The average molecular weight is 560 g/mol. The van der Waals surface area contributed by atoms with E-state index in [0.717, 1.165) is 55.0 Å². The molecule has 5 aliphatic rings. The summed E-state index contributed by atoms with van der Waals surface area (Å²) in [7, 11) is 0. The van der Waals surface area contributed by atoms with Gasteiger partial charge in [-0.15, -0.1) is 0 Å². The van der Waals surface area contributed by atoms with Gasteiger partial charge in [-0.25, -0.2) is 9.78 Å². The lowest BCUT2D eigenvalue weighted by atomic mass is 9.48. The monoisotopic (exact) mass is 559 g/mol. The van der Waals surface area contributed by atoms with Crippen molar-refractivity contribution in [2.45, 2.75) is 128 Å². The predicted molar refractivity (Wildman–Crippen MR) is 162 cm³/mol. The number of aromatic nitrogens is 2. The van der Waals surface area contributed by atoms with E-state index in [1.165, 1.54) is 102 Å². The van der Waals surface area contributed by atoms with Gasteiger partial charge in [0.25, 0.3) is 5.91 Å². The number of benzene rings is 1. The molecule has 0 atom stereocenters. The minimum absolute atomic E-state index is 0.167. The van der Waals surface area contributed by atoms with E-state index in [9.17, 15) is 14.7 Å². The van der Waals surface area contributed by atoms with Crippen LogP contribution >= 0.6 is 0 Å². The fourth-order valence-electron chi connectivity index (χ4n) is 9.34. The fraction of sp³-hybridized carbons (Fsp3) is 0.686. The topological polar surface area (TPSA) is 95.1 Å². The molecule has 5 aliphatic carbocycles. The highest BCUT2D eigenvalue weighted by Crippen LogP contribution is 2.61. The lowest BCUT2D eigenvalue weighted by Gasteiger charge is -2.57. The molecular formula is C35H49N3O3. The second kappa shape index (κ2) is 12.7. The third kappa shape index (κ3) is 6.89. The lowest BCUT2D eigenvalue weighted by molar-refractivity contribution is -0.0570. The molecule has 0 unspecified atom stereocenters. The molecule has 0 radical (unpaired) electrons. The molecule has 4 bridgehead atoms. The molecule has 1 aromatic heterocycles. The van der Waals surface area contributed by atoms with Crippen molar-refractivity contribution in [3.05, 3.63) is 47.0 Å². The Morgan fingerprint density at radius 3 is 2.05 bits per heavy atom. The minimum Gasteiger partial charge on any atom is -0.478 e. The van der Waals surface area contributed by atoms with Crippen molar-refractivity contribution >= 4 is 17.6 Å². The summed E-state index contributed by atoms with van der Waals surface area (Å²) in [5.41, 5.74) is 2.60. The van der Waals surface area contributed by atoms with Gasteiger partial charge in [-0.3, -0.25) is 4.79 Å². The molecule has 6 heteroatoms. The Hall–Kier alpha value is -2.63. The maximum absolute atomic E-state index is 13.7. The molecular weight excluding hydrogens is 510 g/mol. The van der Waals surface area contributed by atoms with Crippen LogP contribution in [-0.4, -0.2) is 27.0 Å². The van der Waals surface area contributed by atoms with Gasteiger partial charge >= 0.3 is 5.97 Å². The van der Waals surface area contributed by atoms with E-state index in [4.69, 9.17) is 4.98 Å². The van der Waals surface area contributed by atoms with Crippen molar-refractivity contribution in [1.82, 2.24) is 9.97 Å². The molecule has 41 heavy (non-hydrogen) atoms. The highest BCUT2D eigenvalue weighted by atomic mass is 16.4. The second-order valence-electron chi connectivity index (χ2n) is 14.2. The van der Waals surface area contributed by atoms with E-state index in [2.05, 4.69) is 10.3 Å². The molecule has 3 N–H and O–H groups in total. The SMILES string of the molecule is O=C(O)c1cccc(NC(=O)c2nc(C3CCCCCCCCCCC3)[nH]c2CCC23CC4CC(CC(C4)C2)C3)c1. The first-order chi connectivity index (χ1) is 20.0. The van der Waals surface area contributed by atoms with Crippen LogP contribution in [0.25, 0.3) is 0 Å². The number of aryl methyl sites for hydroxylation is 1. The Bertz CT molecular complexity index is 1170. The first kappa shape index (κ1) is 28.5. The van der Waals surface area contributed by atoms with Gasteiger partial charge in [-0.1, -0.05) is 63.9 Å². The summed E-state index contributed by atoms with van der Waals surface area (Å²) in [6.07, 6.45) is 24.4. The number of nitrogens with one attached hydrogen (secondary N) is 2. The largest absolute Gasteiger partial charge is 0.478 e. The second-order valence-corrected chi connectivity index (χ2v) is 14.2. The summed E-state index contributed by atoms with van der Waals surface area (Å²) in [4.78, 5) is 34.0. The summed E-state index contributed by atoms with van der Waals surface area (Å²) in [5, 5.41) is 12.4. The fourth-order valence-corrected chi connectivity index (χ4v) is 9.34. The number of hydrogen-bond acceptors (Lipinski definition) is 3. The van der Waals surface area contributed by atoms with Gasteiger partial charge in [-0.2, -0.15) is 0 Å². The van der Waals surface area contributed by atoms with Crippen LogP contribution in [0.4, 0.5) is 5.69 Å². The Labute approximate surface area is 245 Å². The van der Waals surface area contributed by atoms with E-state index < -0.39 is 5.97 Å². The van der Waals surface area contributed by atoms with Crippen LogP contribution in [0.3, 0.4) is 0 Å². The van der Waals surface area contributed by atoms with E-state index in [1.807, 2.05) is 0 Å². The number of carbonyl (C=O) groups excluding carboxylic acids is 1. The number of carboxylic acids is 1. The number of hydrogen-bond donors (Lipinski definition) is 3. The van der Waals surface area contributed by atoms with Crippen molar-refractivity contribution in [3.63, 3.8) is 0 Å². The van der Waals surface area contributed by atoms with Gasteiger partial charge in [0.15, 0.2) is 0 Å². The van der Waals surface area contributed by atoms with Crippen LogP contribution in [0.1, 0.15) is 154 Å². The molecule has 1 aromatic carbocycles. The van der Waals surface area contributed by atoms with E-state index in [-0.39, 0.29) is 11.5 Å². The van der Waals surface area contributed by atoms with Crippen LogP contribution in [0.5, 0.6) is 0 Å². The zero-order valence-corrected chi connectivity index (χ0v) is 24.8. The minimum atomic E-state index is -0.998. The Balaban J connectivity index is 1.23. The maximum atomic E-state index is 13.7. The van der Waals surface area contributed by atoms with Crippen molar-refractivity contribution in [2.24, 2.45) is 23.2 Å². The van der Waals surface area contributed by atoms with Crippen LogP contribution in [0.2, 0.25) is 0 Å². The maximum Gasteiger partial charge on any atom is 0.335 e. The molecule has 0 spiro atoms. The van der Waals surface area contributed by atoms with Crippen LogP contribution in [0, 0.1) is 23.2 Å². The zero-order chi connectivity index (χ0) is 28.2. The molecule has 0 aliphatic heterocycles. The highest BCUT2D eigenvalue weighted by Gasteiger charge is 2.50. The quantitative estimate of drug-likeness (QED) is 0.316. The molecule has 6 nitrogen and oxygen atoms in total. The molecule has 5 saturated carbocycles. The molecule has 7 rings (SSSR count). The smallest absolute Gasteiger partial charge is 0.335 e. The lowest BCUT2D eigenvalue weighted by Crippen LogP contribution is -2.46. The number of rotatable bonds is 7. The first-order valence-corrected chi connectivity index (χ1v) is 16.7. The van der Waals surface area contributed by atoms with E-state index in [1.54, 1.807) is 18.2 Å². The van der Waals surface area contributed by atoms with Crippen molar-refractivity contribution in [2.75, 3.05) is 5.32 Å². The Morgan fingerprint density at radius 1 is 0.878 bits per heavy atom. The normalized spacial score (nSPS) is 29.0. The molecule has 222 valence electrons. The van der Waals surface area contributed by atoms with Crippen molar-refractivity contribution in [3.8, 4) is 0 Å². The molecule has 5 fully saturated rings. The van der Waals surface area contributed by atoms with E-state index >= 15 is 0 Å². The standard InChI is InChI=1S/C35H49N3O3/c39-33(36-29-14-10-13-28(20-29)34(40)41)31-30(15-16-35-21-24-17-25(22-35)19-26(18-24)23-35)37-32(38-31)27-11-8-6-4-2-1-3-5-7-9-12-27/h10,13-14,20,24-27H,1-9,11-12,15-19,21-23H2,(H,36,39)(H,37,38)(H,40,41). The van der Waals surface area contributed by atoms with Gasteiger partial charge in [0.1, 0.15) is 11.5 Å². The third-order valence-corrected chi connectivity index (χ3v) is 10.9. The Morgan fingerprint density at radius 2 is 1.46 bits per heavy atom. The number of aromatic carboxylic acids is 1. The number of nitrogens with zero attached hydrogens (tertiary/aromatic N) is 1. The number of imidazole rings is 1. The molecule has 0 saturated heterocycles. The number of anilines is 1. The number of carboxylic acid groups (broad SMARTS) is 1. The number of H-pyrrole nitrogens is 1. The zero-order valence-electron chi connectivity index (χ0n) is 24.8. The number of amides is 1. The number of carbonyl (C=O) groups is 2. The predicted octanol–water partition coefficient (Wildman–Crippen LogP) is 8.90. The summed E-state index contributed by atoms with van der Waals surface area (Å²) in [6.45, 7) is 0. The van der Waals surface area contributed by atoms with Gasteiger partial charge in [0.05, 0.1) is 5.56 Å². The van der Waals surface area contributed by atoms with Crippen molar-refractivity contribution < 1.29 is 14.7 Å². The summed E-state index contributed by atoms with van der Waals surface area (Å²) < 4.78 is 0. The highest BCUT2D eigenvalue weighted by molar-refractivity contribution is 6.04. The van der Waals surface area contributed by atoms with Gasteiger partial charge in [-0.05, 0) is 106 Å². The van der Waals surface area contributed by atoms with Gasteiger partial charge in [0.2, 0.25) is 0 Å². The summed E-state index contributed by atoms with van der Waals surface area (Å²) in [6, 6.07) is 6.49. The summed E-state index contributed by atoms with van der Waals surface area (Å²) >= 11 is 0. The Kier molecular flexibility index (Phi) is 8.83. The summed E-state index contributed by atoms with van der Waals surface area (Å²) in [5.74, 6) is 2.87. The third-order valence-electron chi connectivity index (χ3n) is 10.9. The van der Waals surface area contributed by atoms with Crippen LogP contribution in [-0.2, 0) is 6.42 Å². The average Bonchev–Trinajstić information content (AvgIpc) is 3.36. The van der Waals surface area contributed by atoms with Crippen LogP contribution in [0.15, 0.2) is 24.3 Å².